The molecule has 6 nitrogen and oxygen atoms in total. The number of aromatic amines is 1. The van der Waals surface area contributed by atoms with Gasteiger partial charge in [0.1, 0.15) is 5.52 Å². The van der Waals surface area contributed by atoms with Gasteiger partial charge in [0.25, 0.3) is 0 Å². The SMILES string of the molecule is CCn1nc(C)c2[nH]c(=S)n(CC(C)(C)C(=O)NC)c21. The highest BCUT2D eigenvalue weighted by Crippen LogP contribution is 2.24. The van der Waals surface area contributed by atoms with E-state index in [-0.39, 0.29) is 5.91 Å². The van der Waals surface area contributed by atoms with Gasteiger partial charge in [0.15, 0.2) is 10.4 Å². The maximum atomic E-state index is 12.0. The summed E-state index contributed by atoms with van der Waals surface area (Å²) in [4.78, 5) is 15.2. The maximum absolute atomic E-state index is 12.0. The van der Waals surface area contributed by atoms with Crippen molar-refractivity contribution in [3.63, 3.8) is 0 Å². The molecule has 0 spiro atoms. The third kappa shape index (κ3) is 2.26. The van der Waals surface area contributed by atoms with Crippen LogP contribution in [0.1, 0.15) is 26.5 Å². The molecule has 110 valence electrons. The molecule has 0 atom stereocenters. The summed E-state index contributed by atoms with van der Waals surface area (Å²) >= 11 is 5.40. The molecule has 0 aliphatic carbocycles. The normalized spacial score (nSPS) is 12.1. The van der Waals surface area contributed by atoms with Crippen LogP contribution in [-0.2, 0) is 17.9 Å². The maximum Gasteiger partial charge on any atom is 0.227 e. The first-order valence-electron chi connectivity index (χ1n) is 6.70. The second kappa shape index (κ2) is 5.05. The number of aryl methyl sites for hydroxylation is 2. The highest BCUT2D eigenvalue weighted by molar-refractivity contribution is 7.71. The number of amides is 1. The molecule has 1 amide bonds. The van der Waals surface area contributed by atoms with Crippen LogP contribution in [0.3, 0.4) is 0 Å². The molecule has 0 aromatic carbocycles. The summed E-state index contributed by atoms with van der Waals surface area (Å²) in [6.07, 6.45) is 0. The Balaban J connectivity index is 2.57. The fraction of sp³-hybridized carbons (Fsp3) is 0.615. The van der Waals surface area contributed by atoms with Crippen molar-refractivity contribution in [2.45, 2.75) is 40.8 Å². The van der Waals surface area contributed by atoms with Crippen LogP contribution in [0.5, 0.6) is 0 Å². The predicted molar refractivity (Wildman–Crippen MR) is 81.2 cm³/mol. The summed E-state index contributed by atoms with van der Waals surface area (Å²) in [5.74, 6) is -0.00645. The molecule has 0 aliphatic rings. The number of aromatic nitrogens is 4. The van der Waals surface area contributed by atoms with Gasteiger partial charge < -0.3 is 14.9 Å². The highest BCUT2D eigenvalue weighted by Gasteiger charge is 2.29. The van der Waals surface area contributed by atoms with Crippen LogP contribution in [-0.4, -0.2) is 32.3 Å². The Kier molecular flexibility index (Phi) is 3.73. The zero-order valence-corrected chi connectivity index (χ0v) is 13.4. The van der Waals surface area contributed by atoms with Gasteiger partial charge >= 0.3 is 0 Å². The van der Waals surface area contributed by atoms with Crippen molar-refractivity contribution in [3.05, 3.63) is 10.5 Å². The van der Waals surface area contributed by atoms with Gasteiger partial charge in [-0.1, -0.05) is 0 Å². The number of H-pyrrole nitrogens is 1. The van der Waals surface area contributed by atoms with E-state index in [4.69, 9.17) is 12.2 Å². The largest absolute Gasteiger partial charge is 0.359 e. The summed E-state index contributed by atoms with van der Waals surface area (Å²) in [5, 5.41) is 7.18. The third-order valence-electron chi connectivity index (χ3n) is 3.53. The number of rotatable bonds is 4. The number of nitrogens with zero attached hydrogens (tertiary/aromatic N) is 3. The molecule has 7 heteroatoms. The summed E-state index contributed by atoms with van der Waals surface area (Å²) in [6.45, 7) is 9.08. The van der Waals surface area contributed by atoms with Gasteiger partial charge in [-0.2, -0.15) is 5.10 Å². The van der Waals surface area contributed by atoms with Crippen molar-refractivity contribution in [3.8, 4) is 0 Å². The van der Waals surface area contributed by atoms with Gasteiger partial charge in [-0.3, -0.25) is 4.79 Å². The van der Waals surface area contributed by atoms with Gasteiger partial charge in [0.2, 0.25) is 5.91 Å². The molecule has 0 radical (unpaired) electrons. The lowest BCUT2D eigenvalue weighted by molar-refractivity contribution is -0.129. The molecule has 0 aliphatic heterocycles. The van der Waals surface area contributed by atoms with Gasteiger partial charge in [0.05, 0.1) is 11.1 Å². The van der Waals surface area contributed by atoms with Crippen LogP contribution >= 0.6 is 12.2 Å². The quantitative estimate of drug-likeness (QED) is 0.848. The van der Waals surface area contributed by atoms with E-state index in [1.807, 2.05) is 36.9 Å². The first kappa shape index (κ1) is 14.8. The lowest BCUT2D eigenvalue weighted by atomic mass is 9.92. The standard InChI is InChI=1S/C13H21N5OS/c1-6-18-10-9(8(2)16-18)15-12(20)17(10)7-13(3,4)11(19)14-5/h6-7H2,1-5H3,(H,14,19)(H,15,20). The number of hydrogen-bond acceptors (Lipinski definition) is 3. The van der Waals surface area contributed by atoms with E-state index in [1.165, 1.54) is 0 Å². The molecule has 0 saturated heterocycles. The first-order chi connectivity index (χ1) is 9.31. The Morgan fingerprint density at radius 1 is 1.50 bits per heavy atom. The Labute approximate surface area is 123 Å². The zero-order chi connectivity index (χ0) is 15.1. The fourth-order valence-electron chi connectivity index (χ4n) is 2.43. The minimum atomic E-state index is -0.543. The molecule has 2 heterocycles. The second-order valence-corrected chi connectivity index (χ2v) is 5.97. The van der Waals surface area contributed by atoms with Crippen LogP contribution in [0.15, 0.2) is 0 Å². The molecule has 20 heavy (non-hydrogen) atoms. The van der Waals surface area contributed by atoms with E-state index in [9.17, 15) is 4.79 Å². The molecule has 0 saturated carbocycles. The Bertz CT molecular complexity index is 706. The minimum Gasteiger partial charge on any atom is -0.359 e. The van der Waals surface area contributed by atoms with Gasteiger partial charge in [-0.15, -0.1) is 0 Å². The number of carbonyl (C=O) groups is 1. The topological polar surface area (TPSA) is 67.6 Å². The summed E-state index contributed by atoms with van der Waals surface area (Å²) in [5.41, 5.74) is 2.28. The number of fused-ring (bicyclic) bond motifs is 1. The van der Waals surface area contributed by atoms with E-state index in [2.05, 4.69) is 15.4 Å². The summed E-state index contributed by atoms with van der Waals surface area (Å²) in [6, 6.07) is 0. The van der Waals surface area contributed by atoms with Crippen molar-refractivity contribution < 1.29 is 4.79 Å². The lowest BCUT2D eigenvalue weighted by Gasteiger charge is -2.23. The smallest absolute Gasteiger partial charge is 0.227 e. The number of carbonyl (C=O) groups excluding carboxylic acids is 1. The van der Waals surface area contributed by atoms with Crippen LogP contribution in [0.4, 0.5) is 0 Å². The Morgan fingerprint density at radius 2 is 2.15 bits per heavy atom. The molecule has 0 fully saturated rings. The highest BCUT2D eigenvalue weighted by atomic mass is 32.1. The molecular weight excluding hydrogens is 274 g/mol. The average molecular weight is 295 g/mol. The van der Waals surface area contributed by atoms with Crippen LogP contribution in [0.2, 0.25) is 0 Å². The van der Waals surface area contributed by atoms with E-state index < -0.39 is 5.41 Å². The first-order valence-corrected chi connectivity index (χ1v) is 7.10. The molecule has 2 aromatic rings. The van der Waals surface area contributed by atoms with E-state index in [0.717, 1.165) is 23.4 Å². The average Bonchev–Trinajstić information content (AvgIpc) is 2.87. The molecule has 0 unspecified atom stereocenters. The third-order valence-corrected chi connectivity index (χ3v) is 3.85. The van der Waals surface area contributed by atoms with E-state index >= 15 is 0 Å². The van der Waals surface area contributed by atoms with Crippen molar-refractivity contribution in [1.82, 2.24) is 24.6 Å². The van der Waals surface area contributed by atoms with Crippen molar-refractivity contribution in [2.24, 2.45) is 5.41 Å². The van der Waals surface area contributed by atoms with Gasteiger partial charge in [-0.25, -0.2) is 4.68 Å². The minimum absolute atomic E-state index is 0.00645. The number of nitrogens with one attached hydrogen (secondary N) is 2. The van der Waals surface area contributed by atoms with E-state index in [0.29, 0.717) is 11.3 Å². The van der Waals surface area contributed by atoms with Crippen molar-refractivity contribution in [1.29, 1.82) is 0 Å². The molecule has 2 N–H and O–H groups in total. The van der Waals surface area contributed by atoms with Crippen molar-refractivity contribution in [2.75, 3.05) is 7.05 Å². The molecular formula is C13H21N5OS. The van der Waals surface area contributed by atoms with Crippen LogP contribution in [0.25, 0.3) is 11.2 Å². The van der Waals surface area contributed by atoms with Gasteiger partial charge in [-0.05, 0) is 39.9 Å². The summed E-state index contributed by atoms with van der Waals surface area (Å²) < 4.78 is 4.50. The van der Waals surface area contributed by atoms with Crippen LogP contribution in [0, 0.1) is 17.1 Å². The van der Waals surface area contributed by atoms with Crippen LogP contribution < -0.4 is 5.32 Å². The van der Waals surface area contributed by atoms with Crippen molar-refractivity contribution >= 4 is 29.3 Å². The van der Waals surface area contributed by atoms with E-state index in [1.54, 1.807) is 7.05 Å². The predicted octanol–water partition coefficient (Wildman–Crippen LogP) is 2.00. The number of hydrogen-bond donors (Lipinski definition) is 2. The Morgan fingerprint density at radius 3 is 2.70 bits per heavy atom. The summed E-state index contributed by atoms with van der Waals surface area (Å²) in [7, 11) is 1.65. The monoisotopic (exact) mass is 295 g/mol. The molecule has 0 bridgehead atoms. The van der Waals surface area contributed by atoms with Gasteiger partial charge in [0, 0.05) is 20.1 Å². The number of imidazole rings is 1. The Hall–Kier alpha value is -1.63. The fourth-order valence-corrected chi connectivity index (χ4v) is 2.69. The molecule has 2 rings (SSSR count). The zero-order valence-electron chi connectivity index (χ0n) is 12.6. The lowest BCUT2D eigenvalue weighted by Crippen LogP contribution is -2.37. The molecule has 2 aromatic heterocycles. The second-order valence-electron chi connectivity index (χ2n) is 5.58.